The number of likely N-dealkylation sites (N-methyl/N-ethyl adjacent to an activating group) is 1. The molecule has 2 bridgehead atoms. The number of likely N-dealkylation sites (tertiary alicyclic amines) is 1. The zero-order valence-electron chi connectivity index (χ0n) is 24.6. The van der Waals surface area contributed by atoms with Crippen molar-refractivity contribution >= 4 is 11.9 Å². The Kier molecular flexibility index (Phi) is 6.75. The van der Waals surface area contributed by atoms with Gasteiger partial charge in [0.1, 0.15) is 23.3 Å². The molecule has 5 rings (SSSR count). The van der Waals surface area contributed by atoms with Gasteiger partial charge in [-0.15, -0.1) is 0 Å². The van der Waals surface area contributed by atoms with Gasteiger partial charge in [0.05, 0.1) is 17.4 Å². The van der Waals surface area contributed by atoms with Crippen molar-refractivity contribution in [3.05, 3.63) is 23.3 Å². The van der Waals surface area contributed by atoms with Gasteiger partial charge in [-0.05, 0) is 92.4 Å². The van der Waals surface area contributed by atoms with E-state index in [9.17, 15) is 14.7 Å². The summed E-state index contributed by atoms with van der Waals surface area (Å²) in [4.78, 5) is 28.7. The molecule has 1 spiro atoms. The van der Waals surface area contributed by atoms with Gasteiger partial charge in [0.25, 0.3) is 0 Å². The molecule has 0 radical (unpaired) electrons. The first kappa shape index (κ1) is 28.2. The van der Waals surface area contributed by atoms with Gasteiger partial charge in [-0.3, -0.25) is 14.9 Å². The molecule has 2 heterocycles. The summed E-state index contributed by atoms with van der Waals surface area (Å²) in [5.41, 5.74) is -0.166. The largest absolute Gasteiger partial charge is 0.504 e. The van der Waals surface area contributed by atoms with Crippen LogP contribution < -0.4 is 10.1 Å². The van der Waals surface area contributed by atoms with Crippen LogP contribution in [0.2, 0.25) is 0 Å². The lowest BCUT2D eigenvalue weighted by Gasteiger charge is -2.65. The molecule has 0 aromatic heterocycles. The third-order valence-electron chi connectivity index (χ3n) is 8.95. The Balaban J connectivity index is 1.52. The number of phenols is 1. The van der Waals surface area contributed by atoms with Crippen LogP contribution >= 0.6 is 0 Å². The van der Waals surface area contributed by atoms with E-state index in [1.807, 2.05) is 26.8 Å². The molecule has 1 aromatic carbocycles. The van der Waals surface area contributed by atoms with Gasteiger partial charge in [0, 0.05) is 24.8 Å². The fourth-order valence-corrected chi connectivity index (χ4v) is 7.70. The summed E-state index contributed by atoms with van der Waals surface area (Å²) in [5.74, 6) is -0.329. The minimum absolute atomic E-state index is 0.121. The van der Waals surface area contributed by atoms with E-state index in [1.165, 1.54) is 5.56 Å². The van der Waals surface area contributed by atoms with Crippen LogP contribution in [0.1, 0.15) is 78.4 Å². The van der Waals surface area contributed by atoms with Crippen LogP contribution in [0.15, 0.2) is 12.1 Å². The summed E-state index contributed by atoms with van der Waals surface area (Å²) in [6, 6.07) is 2.69. The SMILES string of the molecule is CO[C@@]12CCC(NC(CC(=O)OC(C)(C)C)C(=O)OC(C)(C)C)[C@@H]3Oc4c(O)ccc5c4[C@@]31CCN(C)C2C5. The summed E-state index contributed by atoms with van der Waals surface area (Å²) >= 11 is 0. The zero-order valence-corrected chi connectivity index (χ0v) is 24.6. The molecule has 2 N–H and O–H groups in total. The minimum Gasteiger partial charge on any atom is -0.504 e. The fraction of sp³-hybridized carbons (Fsp3) is 0.733. The number of methoxy groups -OCH3 is 1. The summed E-state index contributed by atoms with van der Waals surface area (Å²) < 4.78 is 24.5. The zero-order chi connectivity index (χ0) is 28.5. The molecule has 4 aliphatic rings. The molecule has 1 aromatic rings. The molecule has 1 saturated heterocycles. The van der Waals surface area contributed by atoms with Gasteiger partial charge in [-0.1, -0.05) is 6.07 Å². The number of piperidine rings is 1. The van der Waals surface area contributed by atoms with Crippen molar-refractivity contribution in [2.24, 2.45) is 0 Å². The van der Waals surface area contributed by atoms with Crippen molar-refractivity contribution in [3.8, 4) is 11.5 Å². The lowest BCUT2D eigenvalue weighted by atomic mass is 9.48. The lowest BCUT2D eigenvalue weighted by molar-refractivity contribution is -0.204. The van der Waals surface area contributed by atoms with E-state index in [2.05, 4.69) is 17.3 Å². The molecule has 39 heavy (non-hydrogen) atoms. The highest BCUT2D eigenvalue weighted by Crippen LogP contribution is 2.66. The molecule has 2 aliphatic carbocycles. The van der Waals surface area contributed by atoms with E-state index in [4.69, 9.17) is 18.9 Å². The number of nitrogens with one attached hydrogen (secondary N) is 1. The van der Waals surface area contributed by atoms with Crippen molar-refractivity contribution in [2.75, 3.05) is 20.7 Å². The number of carbonyl (C=O) groups excluding carboxylic acids is 2. The Morgan fingerprint density at radius 3 is 2.49 bits per heavy atom. The van der Waals surface area contributed by atoms with Crippen LogP contribution in [0.25, 0.3) is 0 Å². The second-order valence-electron chi connectivity index (χ2n) is 13.7. The van der Waals surface area contributed by atoms with E-state index >= 15 is 0 Å². The highest BCUT2D eigenvalue weighted by Gasteiger charge is 2.73. The van der Waals surface area contributed by atoms with E-state index in [0.29, 0.717) is 12.2 Å². The molecular formula is C30H44N2O7. The number of carbonyl (C=O) groups is 2. The van der Waals surface area contributed by atoms with E-state index < -0.39 is 46.3 Å². The van der Waals surface area contributed by atoms with Gasteiger partial charge >= 0.3 is 11.9 Å². The van der Waals surface area contributed by atoms with Gasteiger partial charge in [-0.2, -0.15) is 0 Å². The standard InChI is InChI=1S/C30H44N2O7/c1-27(2,3)38-22(34)16-19(26(35)39-28(4,5)6)31-18-11-12-30(36-8)21-15-17-9-10-20(33)24-23(17)29(30,25(18)37-24)13-14-32(21)7/h9-10,18-19,21,25,31,33H,11-16H2,1-8H3/t18?,19?,21?,25-,29-,30+/m0/s1. The average Bonchev–Trinajstić information content (AvgIpc) is 3.17. The Morgan fingerprint density at radius 2 is 1.85 bits per heavy atom. The van der Waals surface area contributed by atoms with Crippen molar-refractivity contribution < 1.29 is 33.6 Å². The number of rotatable bonds is 6. The molecule has 1 saturated carbocycles. The van der Waals surface area contributed by atoms with Crippen LogP contribution in [0.3, 0.4) is 0 Å². The van der Waals surface area contributed by atoms with Gasteiger partial charge < -0.3 is 29.0 Å². The molecule has 2 fully saturated rings. The predicted molar refractivity (Wildman–Crippen MR) is 145 cm³/mol. The highest BCUT2D eigenvalue weighted by molar-refractivity contribution is 5.83. The van der Waals surface area contributed by atoms with Crippen molar-refractivity contribution in [2.45, 2.75) is 120 Å². The molecule has 3 unspecified atom stereocenters. The maximum Gasteiger partial charge on any atom is 0.324 e. The van der Waals surface area contributed by atoms with Gasteiger partial charge in [0.2, 0.25) is 0 Å². The average molecular weight is 545 g/mol. The first-order valence-electron chi connectivity index (χ1n) is 14.1. The molecule has 0 amide bonds. The monoisotopic (exact) mass is 544 g/mol. The number of hydrogen-bond donors (Lipinski definition) is 2. The molecule has 6 atom stereocenters. The minimum atomic E-state index is -0.915. The van der Waals surface area contributed by atoms with Crippen LogP contribution in [0, 0.1) is 0 Å². The predicted octanol–water partition coefficient (Wildman–Crippen LogP) is 3.23. The number of ether oxygens (including phenoxy) is 4. The maximum absolute atomic E-state index is 13.4. The first-order valence-corrected chi connectivity index (χ1v) is 14.1. The first-order chi connectivity index (χ1) is 18.1. The van der Waals surface area contributed by atoms with Crippen LogP contribution in [-0.2, 0) is 35.6 Å². The van der Waals surface area contributed by atoms with Gasteiger partial charge in [0.15, 0.2) is 11.5 Å². The Bertz CT molecular complexity index is 1160. The lowest BCUT2D eigenvalue weighted by Crippen LogP contribution is -2.78. The third kappa shape index (κ3) is 4.50. The molecule has 9 heteroatoms. The fourth-order valence-electron chi connectivity index (χ4n) is 7.70. The summed E-state index contributed by atoms with van der Waals surface area (Å²) in [6.07, 6.45) is 2.48. The summed E-state index contributed by atoms with van der Waals surface area (Å²) in [6.45, 7) is 11.7. The second kappa shape index (κ2) is 9.35. The van der Waals surface area contributed by atoms with Gasteiger partial charge in [-0.25, -0.2) is 0 Å². The van der Waals surface area contributed by atoms with E-state index in [1.54, 1.807) is 33.9 Å². The normalized spacial score (nSPS) is 32.2. The van der Waals surface area contributed by atoms with Crippen molar-refractivity contribution in [1.29, 1.82) is 0 Å². The number of aromatic hydroxyl groups is 1. The van der Waals surface area contributed by atoms with E-state index in [0.717, 1.165) is 31.4 Å². The quantitative estimate of drug-likeness (QED) is 0.522. The second-order valence-corrected chi connectivity index (χ2v) is 13.7. The third-order valence-corrected chi connectivity index (χ3v) is 8.95. The smallest absolute Gasteiger partial charge is 0.324 e. The topological polar surface area (TPSA) is 107 Å². The Hall–Kier alpha value is -2.36. The van der Waals surface area contributed by atoms with Crippen LogP contribution in [0.5, 0.6) is 11.5 Å². The molecule has 9 nitrogen and oxygen atoms in total. The molecule has 2 aliphatic heterocycles. The van der Waals surface area contributed by atoms with Crippen molar-refractivity contribution in [3.63, 3.8) is 0 Å². The maximum atomic E-state index is 13.4. The molecule has 216 valence electrons. The molecular weight excluding hydrogens is 500 g/mol. The van der Waals surface area contributed by atoms with Crippen LogP contribution in [-0.4, -0.2) is 83.7 Å². The Labute approximate surface area is 231 Å². The number of hydrogen-bond acceptors (Lipinski definition) is 9. The number of phenolic OH excluding ortho intramolecular Hbond substituents is 1. The number of nitrogens with zero attached hydrogens (tertiary/aromatic N) is 1. The number of benzene rings is 1. The Morgan fingerprint density at radius 1 is 1.15 bits per heavy atom. The highest BCUT2D eigenvalue weighted by atomic mass is 16.6. The van der Waals surface area contributed by atoms with Crippen LogP contribution in [0.4, 0.5) is 0 Å². The van der Waals surface area contributed by atoms with E-state index in [-0.39, 0.29) is 24.3 Å². The van der Waals surface area contributed by atoms with Crippen molar-refractivity contribution in [1.82, 2.24) is 10.2 Å². The summed E-state index contributed by atoms with van der Waals surface area (Å²) in [7, 11) is 3.94. The summed E-state index contributed by atoms with van der Waals surface area (Å²) in [5, 5.41) is 14.4. The number of esters is 2.